The van der Waals surface area contributed by atoms with Gasteiger partial charge in [0.15, 0.2) is 11.0 Å². The Labute approximate surface area is 173 Å². The van der Waals surface area contributed by atoms with Crippen molar-refractivity contribution in [1.29, 1.82) is 0 Å². The average Bonchev–Trinajstić information content (AvgIpc) is 3.17. The molecule has 0 saturated heterocycles. The van der Waals surface area contributed by atoms with Gasteiger partial charge in [0.2, 0.25) is 0 Å². The van der Waals surface area contributed by atoms with Crippen LogP contribution >= 0.6 is 11.8 Å². The first-order valence-corrected chi connectivity index (χ1v) is 10.2. The summed E-state index contributed by atoms with van der Waals surface area (Å²) in [5, 5.41) is 9.39. The molecule has 0 fully saturated rings. The zero-order chi connectivity index (χ0) is 20.2. The normalized spacial score (nSPS) is 10.9. The fourth-order valence-electron chi connectivity index (χ4n) is 3.07. The molecular weight excluding hydrogens is 385 g/mol. The molecule has 0 bridgehead atoms. The van der Waals surface area contributed by atoms with E-state index >= 15 is 0 Å². The molecule has 0 N–H and O–H groups in total. The van der Waals surface area contributed by atoms with E-state index in [0.29, 0.717) is 22.3 Å². The molecule has 1 heterocycles. The molecule has 1 aromatic heterocycles. The molecule has 0 radical (unpaired) electrons. The van der Waals surface area contributed by atoms with Crippen LogP contribution in [-0.4, -0.2) is 21.9 Å². The lowest BCUT2D eigenvalue weighted by molar-refractivity contribution is 0.411. The van der Waals surface area contributed by atoms with Crippen molar-refractivity contribution in [2.45, 2.75) is 17.8 Å². The topological polar surface area (TPSA) is 39.9 Å². The second-order valence-electron chi connectivity index (χ2n) is 6.56. The number of aromatic nitrogens is 3. The average molecular weight is 405 g/mol. The molecule has 0 aliphatic carbocycles. The molecule has 4 nitrogen and oxygen atoms in total. The second kappa shape index (κ2) is 8.49. The van der Waals surface area contributed by atoms with Gasteiger partial charge < -0.3 is 4.74 Å². The molecule has 4 aromatic rings. The van der Waals surface area contributed by atoms with Crippen molar-refractivity contribution in [1.82, 2.24) is 14.8 Å². The number of benzene rings is 3. The smallest absolute Gasteiger partial charge is 0.196 e. The minimum atomic E-state index is -0.324. The highest BCUT2D eigenvalue weighted by atomic mass is 32.2. The van der Waals surface area contributed by atoms with Crippen molar-refractivity contribution in [3.8, 4) is 22.8 Å². The maximum atomic E-state index is 14.5. The third-order valence-electron chi connectivity index (χ3n) is 4.59. The Morgan fingerprint density at radius 2 is 1.66 bits per heavy atom. The van der Waals surface area contributed by atoms with Crippen LogP contribution in [0.5, 0.6) is 5.75 Å². The molecule has 0 unspecified atom stereocenters. The number of aryl methyl sites for hydroxylation is 1. The van der Waals surface area contributed by atoms with Crippen LogP contribution in [-0.2, 0) is 5.75 Å². The quantitative estimate of drug-likeness (QED) is 0.387. The Hall–Kier alpha value is -3.12. The molecule has 0 spiro atoms. The van der Waals surface area contributed by atoms with Crippen LogP contribution in [0.15, 0.2) is 78.0 Å². The van der Waals surface area contributed by atoms with Gasteiger partial charge in [-0.1, -0.05) is 59.8 Å². The van der Waals surface area contributed by atoms with Crippen LogP contribution in [0, 0.1) is 12.7 Å². The predicted octanol–water partition coefficient (Wildman–Crippen LogP) is 5.68. The number of thioether (sulfide) groups is 1. The summed E-state index contributed by atoms with van der Waals surface area (Å²) in [6.45, 7) is 2.03. The van der Waals surface area contributed by atoms with Gasteiger partial charge in [-0.25, -0.2) is 4.39 Å². The van der Waals surface area contributed by atoms with Gasteiger partial charge in [-0.05, 0) is 37.3 Å². The third kappa shape index (κ3) is 4.03. The first-order valence-electron chi connectivity index (χ1n) is 9.19. The van der Waals surface area contributed by atoms with Crippen molar-refractivity contribution < 1.29 is 9.13 Å². The second-order valence-corrected chi connectivity index (χ2v) is 7.50. The number of hydrogen-bond donors (Lipinski definition) is 0. The summed E-state index contributed by atoms with van der Waals surface area (Å²) < 4.78 is 21.8. The van der Waals surface area contributed by atoms with Crippen molar-refractivity contribution in [3.05, 3.63) is 89.7 Å². The van der Waals surface area contributed by atoms with Gasteiger partial charge in [0, 0.05) is 17.0 Å². The SMILES string of the molecule is COc1ccccc1CSc1nnc(-c2ccccc2F)n1-c1ccc(C)cc1. The highest BCUT2D eigenvalue weighted by Crippen LogP contribution is 2.32. The summed E-state index contributed by atoms with van der Waals surface area (Å²) in [6.07, 6.45) is 0. The van der Waals surface area contributed by atoms with E-state index in [-0.39, 0.29) is 5.82 Å². The summed E-state index contributed by atoms with van der Waals surface area (Å²) in [5.41, 5.74) is 3.52. The van der Waals surface area contributed by atoms with Crippen LogP contribution < -0.4 is 4.74 Å². The van der Waals surface area contributed by atoms with Gasteiger partial charge in [-0.2, -0.15) is 0 Å². The van der Waals surface area contributed by atoms with Crippen LogP contribution in [0.2, 0.25) is 0 Å². The third-order valence-corrected chi connectivity index (χ3v) is 5.57. The summed E-state index contributed by atoms with van der Waals surface area (Å²) >= 11 is 1.54. The van der Waals surface area contributed by atoms with Gasteiger partial charge in [0.05, 0.1) is 12.7 Å². The van der Waals surface area contributed by atoms with Gasteiger partial charge in [-0.15, -0.1) is 10.2 Å². The maximum Gasteiger partial charge on any atom is 0.196 e. The number of rotatable bonds is 6. The largest absolute Gasteiger partial charge is 0.496 e. The van der Waals surface area contributed by atoms with Crippen molar-refractivity contribution in [2.75, 3.05) is 7.11 Å². The highest BCUT2D eigenvalue weighted by molar-refractivity contribution is 7.98. The standard InChI is InChI=1S/C23H20FN3OS/c1-16-11-13-18(14-12-16)27-22(19-8-4-5-9-20(19)24)25-26-23(27)29-15-17-7-3-6-10-21(17)28-2/h3-14H,15H2,1-2H3. The van der Waals surface area contributed by atoms with Gasteiger partial charge in [0.1, 0.15) is 11.6 Å². The molecule has 0 saturated carbocycles. The Bertz CT molecular complexity index is 1130. The van der Waals surface area contributed by atoms with E-state index in [1.54, 1.807) is 25.3 Å². The lowest BCUT2D eigenvalue weighted by Gasteiger charge is -2.12. The molecule has 0 aliphatic rings. The van der Waals surface area contributed by atoms with Crippen LogP contribution in [0.1, 0.15) is 11.1 Å². The lowest BCUT2D eigenvalue weighted by Crippen LogP contribution is -2.01. The zero-order valence-electron chi connectivity index (χ0n) is 16.2. The molecule has 3 aromatic carbocycles. The number of hydrogen-bond acceptors (Lipinski definition) is 4. The number of ether oxygens (including phenoxy) is 1. The highest BCUT2D eigenvalue weighted by Gasteiger charge is 2.19. The number of halogens is 1. The van der Waals surface area contributed by atoms with E-state index in [1.165, 1.54) is 17.8 Å². The monoisotopic (exact) mass is 405 g/mol. The minimum Gasteiger partial charge on any atom is -0.496 e. The molecule has 0 amide bonds. The molecule has 146 valence electrons. The molecule has 0 aliphatic heterocycles. The fraction of sp³-hybridized carbons (Fsp3) is 0.130. The number of methoxy groups -OCH3 is 1. The molecular formula is C23H20FN3OS. The van der Waals surface area contributed by atoms with E-state index in [2.05, 4.69) is 10.2 Å². The van der Waals surface area contributed by atoms with Crippen molar-refractivity contribution in [3.63, 3.8) is 0 Å². The van der Waals surface area contributed by atoms with E-state index < -0.39 is 0 Å². The number of nitrogens with zero attached hydrogens (tertiary/aromatic N) is 3. The predicted molar refractivity (Wildman–Crippen MR) is 114 cm³/mol. The maximum absolute atomic E-state index is 14.5. The lowest BCUT2D eigenvalue weighted by atomic mass is 10.2. The minimum absolute atomic E-state index is 0.324. The molecule has 6 heteroatoms. The van der Waals surface area contributed by atoms with Crippen LogP contribution in [0.3, 0.4) is 0 Å². The summed E-state index contributed by atoms with van der Waals surface area (Å²) in [4.78, 5) is 0. The summed E-state index contributed by atoms with van der Waals surface area (Å²) in [5.74, 6) is 1.64. The Morgan fingerprint density at radius 3 is 2.41 bits per heavy atom. The van der Waals surface area contributed by atoms with Crippen molar-refractivity contribution >= 4 is 11.8 Å². The first kappa shape index (κ1) is 19.2. The Balaban J connectivity index is 1.76. The molecule has 4 rings (SSSR count). The van der Waals surface area contributed by atoms with Gasteiger partial charge in [-0.3, -0.25) is 4.57 Å². The van der Waals surface area contributed by atoms with Crippen LogP contribution in [0.25, 0.3) is 17.1 Å². The zero-order valence-corrected chi connectivity index (χ0v) is 17.0. The van der Waals surface area contributed by atoms with E-state index in [1.807, 2.05) is 60.0 Å². The van der Waals surface area contributed by atoms with E-state index in [0.717, 1.165) is 22.6 Å². The van der Waals surface area contributed by atoms with E-state index in [9.17, 15) is 4.39 Å². The van der Waals surface area contributed by atoms with Gasteiger partial charge in [0.25, 0.3) is 0 Å². The fourth-order valence-corrected chi connectivity index (χ4v) is 4.01. The molecule has 29 heavy (non-hydrogen) atoms. The van der Waals surface area contributed by atoms with Crippen LogP contribution in [0.4, 0.5) is 4.39 Å². The first-order chi connectivity index (χ1) is 14.2. The van der Waals surface area contributed by atoms with Gasteiger partial charge >= 0.3 is 0 Å². The summed E-state index contributed by atoms with van der Waals surface area (Å²) in [7, 11) is 1.66. The number of para-hydroxylation sites is 1. The molecule has 0 atom stereocenters. The summed E-state index contributed by atoms with van der Waals surface area (Å²) in [6, 6.07) is 22.5. The Kier molecular flexibility index (Phi) is 5.62. The van der Waals surface area contributed by atoms with Crippen molar-refractivity contribution in [2.24, 2.45) is 0 Å². The van der Waals surface area contributed by atoms with E-state index in [4.69, 9.17) is 4.74 Å². The Morgan fingerprint density at radius 1 is 0.931 bits per heavy atom.